The van der Waals surface area contributed by atoms with Crippen molar-refractivity contribution in [1.82, 2.24) is 0 Å². The monoisotopic (exact) mass is 234 g/mol. The van der Waals surface area contributed by atoms with Crippen molar-refractivity contribution in [2.24, 2.45) is 11.7 Å². The summed E-state index contributed by atoms with van der Waals surface area (Å²) < 4.78 is 0. The van der Waals surface area contributed by atoms with E-state index >= 15 is 0 Å². The van der Waals surface area contributed by atoms with Gasteiger partial charge in [-0.25, -0.2) is 0 Å². The van der Waals surface area contributed by atoms with Gasteiger partial charge in [0.15, 0.2) is 0 Å². The van der Waals surface area contributed by atoms with Gasteiger partial charge in [0, 0.05) is 18.3 Å². The Bertz CT molecular complexity index is 361. The Morgan fingerprint density at radius 2 is 2.06 bits per heavy atom. The van der Waals surface area contributed by atoms with Crippen LogP contribution in [0, 0.1) is 5.92 Å². The fourth-order valence-electron chi connectivity index (χ4n) is 2.58. The SMILES string of the molecule is CC1CCN(c2ccc([C@H](C)N)cc2)C1CO. The largest absolute Gasteiger partial charge is 0.394 e. The van der Waals surface area contributed by atoms with Gasteiger partial charge in [-0.1, -0.05) is 19.1 Å². The number of nitrogens with zero attached hydrogens (tertiary/aromatic N) is 1. The lowest BCUT2D eigenvalue weighted by Gasteiger charge is -2.27. The molecule has 0 aromatic heterocycles. The Morgan fingerprint density at radius 1 is 1.41 bits per heavy atom. The average Bonchev–Trinajstić information content (AvgIpc) is 2.70. The first kappa shape index (κ1) is 12.4. The van der Waals surface area contributed by atoms with Crippen LogP contribution in [-0.4, -0.2) is 24.3 Å². The molecule has 2 unspecified atom stereocenters. The standard InChI is InChI=1S/C14H22N2O/c1-10-7-8-16(14(10)9-17)13-5-3-12(4-6-13)11(2)15/h3-6,10-11,14,17H,7-9,15H2,1-2H3/t10?,11-,14?/m0/s1. The molecule has 0 saturated carbocycles. The third kappa shape index (κ3) is 2.45. The molecule has 17 heavy (non-hydrogen) atoms. The van der Waals surface area contributed by atoms with E-state index in [4.69, 9.17) is 5.73 Å². The average molecular weight is 234 g/mol. The van der Waals surface area contributed by atoms with E-state index in [1.54, 1.807) is 0 Å². The zero-order valence-corrected chi connectivity index (χ0v) is 10.6. The van der Waals surface area contributed by atoms with E-state index in [0.29, 0.717) is 5.92 Å². The third-order valence-corrected chi connectivity index (χ3v) is 3.82. The molecule has 3 nitrogen and oxygen atoms in total. The van der Waals surface area contributed by atoms with Gasteiger partial charge in [-0.2, -0.15) is 0 Å². The van der Waals surface area contributed by atoms with Crippen molar-refractivity contribution < 1.29 is 5.11 Å². The van der Waals surface area contributed by atoms with Crippen LogP contribution < -0.4 is 10.6 Å². The summed E-state index contributed by atoms with van der Waals surface area (Å²) in [6.45, 7) is 5.46. The highest BCUT2D eigenvalue weighted by atomic mass is 16.3. The maximum Gasteiger partial charge on any atom is 0.0637 e. The molecule has 0 bridgehead atoms. The molecule has 0 spiro atoms. The lowest BCUT2D eigenvalue weighted by Crippen LogP contribution is -2.35. The second kappa shape index (κ2) is 5.07. The van der Waals surface area contributed by atoms with Gasteiger partial charge in [-0.15, -0.1) is 0 Å². The highest BCUT2D eigenvalue weighted by Gasteiger charge is 2.30. The summed E-state index contributed by atoms with van der Waals surface area (Å²) in [7, 11) is 0. The van der Waals surface area contributed by atoms with E-state index in [-0.39, 0.29) is 18.7 Å². The Labute approximate surface area is 103 Å². The van der Waals surface area contributed by atoms with Gasteiger partial charge >= 0.3 is 0 Å². The summed E-state index contributed by atoms with van der Waals surface area (Å²) in [5, 5.41) is 9.45. The Hall–Kier alpha value is -1.06. The van der Waals surface area contributed by atoms with Gasteiger partial charge in [-0.05, 0) is 37.0 Å². The fraction of sp³-hybridized carbons (Fsp3) is 0.571. The summed E-state index contributed by atoms with van der Waals surface area (Å²) in [4.78, 5) is 2.30. The summed E-state index contributed by atoms with van der Waals surface area (Å²) in [5.74, 6) is 0.563. The summed E-state index contributed by atoms with van der Waals surface area (Å²) >= 11 is 0. The Balaban J connectivity index is 2.17. The molecule has 1 aromatic carbocycles. The molecule has 0 radical (unpaired) electrons. The van der Waals surface area contributed by atoms with Gasteiger partial charge in [0.25, 0.3) is 0 Å². The minimum absolute atomic E-state index is 0.0789. The molecule has 3 N–H and O–H groups in total. The van der Waals surface area contributed by atoms with Gasteiger partial charge in [-0.3, -0.25) is 0 Å². The van der Waals surface area contributed by atoms with Crippen LogP contribution in [0.2, 0.25) is 0 Å². The minimum Gasteiger partial charge on any atom is -0.394 e. The second-order valence-corrected chi connectivity index (χ2v) is 5.09. The lowest BCUT2D eigenvalue weighted by atomic mass is 10.0. The van der Waals surface area contributed by atoms with Crippen molar-refractivity contribution in [3.63, 3.8) is 0 Å². The smallest absolute Gasteiger partial charge is 0.0637 e. The van der Waals surface area contributed by atoms with Gasteiger partial charge < -0.3 is 15.7 Å². The molecule has 0 aliphatic carbocycles. The number of hydrogen-bond acceptors (Lipinski definition) is 3. The van der Waals surface area contributed by atoms with Crippen LogP contribution in [0.4, 0.5) is 5.69 Å². The number of aliphatic hydroxyl groups is 1. The predicted molar refractivity (Wildman–Crippen MR) is 71.0 cm³/mol. The number of aliphatic hydroxyl groups excluding tert-OH is 1. The van der Waals surface area contributed by atoms with E-state index in [1.807, 2.05) is 6.92 Å². The van der Waals surface area contributed by atoms with Crippen molar-refractivity contribution in [2.75, 3.05) is 18.1 Å². The predicted octanol–water partition coefficient (Wildman–Crippen LogP) is 1.91. The van der Waals surface area contributed by atoms with Crippen LogP contribution >= 0.6 is 0 Å². The van der Waals surface area contributed by atoms with E-state index in [0.717, 1.165) is 18.5 Å². The van der Waals surface area contributed by atoms with E-state index < -0.39 is 0 Å². The zero-order valence-electron chi connectivity index (χ0n) is 10.6. The Kier molecular flexibility index (Phi) is 3.69. The molecular formula is C14H22N2O. The Morgan fingerprint density at radius 3 is 2.59 bits per heavy atom. The molecule has 3 atom stereocenters. The molecule has 1 saturated heterocycles. The van der Waals surface area contributed by atoms with Crippen molar-refractivity contribution in [3.8, 4) is 0 Å². The van der Waals surface area contributed by atoms with Crippen molar-refractivity contribution >= 4 is 5.69 Å². The highest BCUT2D eigenvalue weighted by Crippen LogP contribution is 2.29. The number of rotatable bonds is 3. The van der Waals surface area contributed by atoms with Crippen molar-refractivity contribution in [2.45, 2.75) is 32.4 Å². The topological polar surface area (TPSA) is 49.5 Å². The van der Waals surface area contributed by atoms with Crippen LogP contribution in [0.25, 0.3) is 0 Å². The fourth-order valence-corrected chi connectivity index (χ4v) is 2.58. The molecule has 1 heterocycles. The third-order valence-electron chi connectivity index (χ3n) is 3.82. The van der Waals surface area contributed by atoms with Gasteiger partial charge in [0.05, 0.1) is 12.6 Å². The first-order chi connectivity index (χ1) is 8.13. The molecule has 3 heteroatoms. The number of anilines is 1. The molecule has 2 rings (SSSR count). The summed E-state index contributed by atoms with van der Waals surface area (Å²) in [6.07, 6.45) is 1.15. The zero-order chi connectivity index (χ0) is 12.4. The number of hydrogen-bond donors (Lipinski definition) is 2. The maximum atomic E-state index is 9.45. The number of nitrogens with two attached hydrogens (primary N) is 1. The quantitative estimate of drug-likeness (QED) is 0.840. The molecule has 1 fully saturated rings. The van der Waals surface area contributed by atoms with E-state index in [2.05, 4.69) is 36.1 Å². The summed E-state index contributed by atoms with van der Waals surface area (Å²) in [5.41, 5.74) is 8.19. The first-order valence-corrected chi connectivity index (χ1v) is 6.36. The van der Waals surface area contributed by atoms with Crippen LogP contribution in [0.5, 0.6) is 0 Å². The highest BCUT2D eigenvalue weighted by molar-refractivity contribution is 5.50. The maximum absolute atomic E-state index is 9.45. The molecule has 0 amide bonds. The minimum atomic E-state index is 0.0789. The summed E-state index contributed by atoms with van der Waals surface area (Å²) in [6, 6.07) is 8.72. The normalized spacial score (nSPS) is 26.2. The molecule has 1 aromatic rings. The number of benzene rings is 1. The molecule has 94 valence electrons. The van der Waals surface area contributed by atoms with E-state index in [1.165, 1.54) is 5.69 Å². The first-order valence-electron chi connectivity index (χ1n) is 6.36. The van der Waals surface area contributed by atoms with Gasteiger partial charge in [0.1, 0.15) is 0 Å². The van der Waals surface area contributed by atoms with Crippen LogP contribution in [0.15, 0.2) is 24.3 Å². The van der Waals surface area contributed by atoms with Crippen molar-refractivity contribution in [1.29, 1.82) is 0 Å². The molecule has 1 aliphatic rings. The van der Waals surface area contributed by atoms with E-state index in [9.17, 15) is 5.11 Å². The molecular weight excluding hydrogens is 212 g/mol. The van der Waals surface area contributed by atoms with Crippen molar-refractivity contribution in [3.05, 3.63) is 29.8 Å². The van der Waals surface area contributed by atoms with Crippen LogP contribution in [-0.2, 0) is 0 Å². The molecule has 1 aliphatic heterocycles. The second-order valence-electron chi connectivity index (χ2n) is 5.09. The van der Waals surface area contributed by atoms with Crippen LogP contribution in [0.3, 0.4) is 0 Å². The van der Waals surface area contributed by atoms with Gasteiger partial charge in [0.2, 0.25) is 0 Å². The lowest BCUT2D eigenvalue weighted by molar-refractivity contribution is 0.245. The van der Waals surface area contributed by atoms with Crippen LogP contribution in [0.1, 0.15) is 31.9 Å².